The van der Waals surface area contributed by atoms with Crippen LogP contribution < -0.4 is 0 Å². The van der Waals surface area contributed by atoms with Gasteiger partial charge in [0.05, 0.1) is 0 Å². The van der Waals surface area contributed by atoms with Crippen molar-refractivity contribution in [2.24, 2.45) is 0 Å². The maximum absolute atomic E-state index is 13.1. The molecule has 1 aromatic heterocycles. The number of hydrogen-bond acceptors (Lipinski definition) is 4. The summed E-state index contributed by atoms with van der Waals surface area (Å²) in [6.07, 6.45) is 2.81. The van der Waals surface area contributed by atoms with Crippen LogP contribution in [0.1, 0.15) is 31.0 Å². The average Bonchev–Trinajstić information content (AvgIpc) is 2.88. The first-order chi connectivity index (χ1) is 11.1. The van der Waals surface area contributed by atoms with Gasteiger partial charge in [-0.2, -0.15) is 5.10 Å². The number of nitrogens with zero attached hydrogens (tertiary/aromatic N) is 4. The summed E-state index contributed by atoms with van der Waals surface area (Å²) in [6.45, 7) is 0.791. The molecule has 0 aliphatic heterocycles. The van der Waals surface area contributed by atoms with E-state index in [1.54, 1.807) is 12.1 Å². The Balaban J connectivity index is 1.84. The Morgan fingerprint density at radius 3 is 2.57 bits per heavy atom. The number of aliphatic hydroxyl groups excluding tert-OH is 1. The molecule has 3 rings (SSSR count). The van der Waals surface area contributed by atoms with Gasteiger partial charge in [0.25, 0.3) is 0 Å². The van der Waals surface area contributed by atoms with Crippen molar-refractivity contribution in [2.45, 2.75) is 37.8 Å². The van der Waals surface area contributed by atoms with Crippen LogP contribution in [0, 0.1) is 5.82 Å². The fraction of sp³-hybridized carbons (Fsp3) is 0.529. The minimum absolute atomic E-state index is 0.135. The van der Waals surface area contributed by atoms with Crippen LogP contribution in [0.2, 0.25) is 0 Å². The van der Waals surface area contributed by atoms with Crippen molar-refractivity contribution >= 4 is 0 Å². The second-order valence-electron chi connectivity index (χ2n) is 6.39. The molecular formula is C17H23FN4O. The molecule has 5 nitrogen and oxygen atoms in total. The zero-order valence-corrected chi connectivity index (χ0v) is 13.6. The van der Waals surface area contributed by atoms with Gasteiger partial charge in [0.1, 0.15) is 11.6 Å². The summed E-state index contributed by atoms with van der Waals surface area (Å²) in [5, 5.41) is 13.7. The van der Waals surface area contributed by atoms with E-state index in [-0.39, 0.29) is 12.4 Å². The predicted octanol–water partition coefficient (Wildman–Crippen LogP) is 2.27. The monoisotopic (exact) mass is 318 g/mol. The largest absolute Gasteiger partial charge is 0.396 e. The quantitative estimate of drug-likeness (QED) is 0.888. The Kier molecular flexibility index (Phi) is 4.73. The number of aryl methyl sites for hydroxylation is 1. The molecule has 1 N–H and O–H groups in total. The van der Waals surface area contributed by atoms with Crippen molar-refractivity contribution < 1.29 is 9.50 Å². The Morgan fingerprint density at radius 2 is 1.96 bits per heavy atom. The summed E-state index contributed by atoms with van der Waals surface area (Å²) < 4.78 is 15.0. The Bertz CT molecular complexity index is 647. The predicted molar refractivity (Wildman–Crippen MR) is 86.6 cm³/mol. The van der Waals surface area contributed by atoms with Gasteiger partial charge in [-0.05, 0) is 57.6 Å². The van der Waals surface area contributed by atoms with Crippen molar-refractivity contribution in [2.75, 3.05) is 20.7 Å². The van der Waals surface area contributed by atoms with E-state index in [2.05, 4.69) is 24.1 Å². The molecule has 1 aliphatic carbocycles. The van der Waals surface area contributed by atoms with Gasteiger partial charge in [-0.25, -0.2) is 14.1 Å². The molecule has 1 aromatic carbocycles. The van der Waals surface area contributed by atoms with Crippen LogP contribution in [-0.4, -0.2) is 51.5 Å². The van der Waals surface area contributed by atoms with Crippen LogP contribution in [-0.2, 0) is 6.54 Å². The van der Waals surface area contributed by atoms with E-state index in [0.29, 0.717) is 30.7 Å². The van der Waals surface area contributed by atoms with Crippen LogP contribution in [0.4, 0.5) is 4.39 Å². The lowest BCUT2D eigenvalue weighted by molar-refractivity contribution is 0.158. The third-order valence-corrected chi connectivity index (χ3v) is 4.54. The van der Waals surface area contributed by atoms with Gasteiger partial charge in [0, 0.05) is 30.7 Å². The highest BCUT2D eigenvalue weighted by Gasteiger charge is 2.35. The van der Waals surface area contributed by atoms with E-state index >= 15 is 0 Å². The zero-order chi connectivity index (χ0) is 16.4. The van der Waals surface area contributed by atoms with Crippen molar-refractivity contribution in [3.63, 3.8) is 0 Å². The normalized spacial score (nSPS) is 20.7. The van der Waals surface area contributed by atoms with E-state index < -0.39 is 0 Å². The fourth-order valence-electron chi connectivity index (χ4n) is 2.98. The Hall–Kier alpha value is -1.79. The molecule has 0 radical (unpaired) electrons. The molecule has 1 aliphatic rings. The molecule has 0 saturated heterocycles. The average molecular weight is 318 g/mol. The first-order valence-corrected chi connectivity index (χ1v) is 8.06. The topological polar surface area (TPSA) is 54.2 Å². The van der Waals surface area contributed by atoms with E-state index in [1.165, 1.54) is 12.1 Å². The molecule has 1 heterocycles. The molecular weight excluding hydrogens is 295 g/mol. The SMILES string of the molecule is CN(C)C1CC(c2nc(-c3ccc(F)cc3)nn2CCCO)C1. The fourth-order valence-corrected chi connectivity index (χ4v) is 2.98. The van der Waals surface area contributed by atoms with Crippen molar-refractivity contribution in [1.82, 2.24) is 19.7 Å². The van der Waals surface area contributed by atoms with Gasteiger partial charge in [-0.3, -0.25) is 0 Å². The van der Waals surface area contributed by atoms with Gasteiger partial charge in [0.15, 0.2) is 5.82 Å². The van der Waals surface area contributed by atoms with Crippen LogP contribution in [0.3, 0.4) is 0 Å². The first kappa shape index (κ1) is 16.1. The lowest BCUT2D eigenvalue weighted by Gasteiger charge is -2.39. The summed E-state index contributed by atoms with van der Waals surface area (Å²) in [5.41, 5.74) is 0.818. The van der Waals surface area contributed by atoms with Crippen LogP contribution in [0.5, 0.6) is 0 Å². The van der Waals surface area contributed by atoms with Gasteiger partial charge in [-0.1, -0.05) is 0 Å². The van der Waals surface area contributed by atoms with Crippen LogP contribution in [0.25, 0.3) is 11.4 Å². The third-order valence-electron chi connectivity index (χ3n) is 4.54. The smallest absolute Gasteiger partial charge is 0.181 e. The molecule has 6 heteroatoms. The van der Waals surface area contributed by atoms with Crippen LogP contribution >= 0.6 is 0 Å². The van der Waals surface area contributed by atoms with Crippen LogP contribution in [0.15, 0.2) is 24.3 Å². The highest BCUT2D eigenvalue weighted by atomic mass is 19.1. The lowest BCUT2D eigenvalue weighted by Crippen LogP contribution is -2.40. The summed E-state index contributed by atoms with van der Waals surface area (Å²) >= 11 is 0. The van der Waals surface area contributed by atoms with E-state index in [0.717, 1.165) is 24.2 Å². The lowest BCUT2D eigenvalue weighted by atomic mass is 9.79. The van der Waals surface area contributed by atoms with Crippen molar-refractivity contribution in [3.05, 3.63) is 35.9 Å². The Labute approximate surface area is 135 Å². The number of halogens is 1. The molecule has 0 spiro atoms. The summed E-state index contributed by atoms with van der Waals surface area (Å²) in [6, 6.07) is 6.85. The van der Waals surface area contributed by atoms with E-state index in [1.807, 2.05) is 4.68 Å². The van der Waals surface area contributed by atoms with Gasteiger partial charge in [0.2, 0.25) is 0 Å². The Morgan fingerprint density at radius 1 is 1.26 bits per heavy atom. The maximum atomic E-state index is 13.1. The molecule has 124 valence electrons. The maximum Gasteiger partial charge on any atom is 0.181 e. The number of aliphatic hydroxyl groups is 1. The van der Waals surface area contributed by atoms with Gasteiger partial charge >= 0.3 is 0 Å². The zero-order valence-electron chi connectivity index (χ0n) is 13.6. The van der Waals surface area contributed by atoms with Gasteiger partial charge in [-0.15, -0.1) is 0 Å². The first-order valence-electron chi connectivity index (χ1n) is 8.06. The summed E-state index contributed by atoms with van der Waals surface area (Å²) in [7, 11) is 4.20. The molecule has 0 unspecified atom stereocenters. The van der Waals surface area contributed by atoms with E-state index in [9.17, 15) is 4.39 Å². The number of aromatic nitrogens is 3. The highest BCUT2D eigenvalue weighted by Crippen LogP contribution is 2.38. The molecule has 0 amide bonds. The number of benzene rings is 1. The molecule has 0 atom stereocenters. The van der Waals surface area contributed by atoms with Crippen molar-refractivity contribution in [3.8, 4) is 11.4 Å². The molecule has 23 heavy (non-hydrogen) atoms. The summed E-state index contributed by atoms with van der Waals surface area (Å²) in [4.78, 5) is 6.95. The van der Waals surface area contributed by atoms with E-state index in [4.69, 9.17) is 10.1 Å². The van der Waals surface area contributed by atoms with Crippen molar-refractivity contribution in [1.29, 1.82) is 0 Å². The highest BCUT2D eigenvalue weighted by molar-refractivity contribution is 5.54. The molecule has 2 aromatic rings. The summed E-state index contributed by atoms with van der Waals surface area (Å²) in [5.74, 6) is 1.76. The number of rotatable bonds is 6. The number of hydrogen-bond donors (Lipinski definition) is 1. The second-order valence-corrected chi connectivity index (χ2v) is 6.39. The van der Waals surface area contributed by atoms with Gasteiger partial charge < -0.3 is 10.0 Å². The standard InChI is InChI=1S/C17H23FN4O/c1-21(2)15-10-13(11-15)17-19-16(20-22(17)8-3-9-23)12-4-6-14(18)7-5-12/h4-7,13,15,23H,3,8-11H2,1-2H3. The molecule has 1 saturated carbocycles. The minimum atomic E-state index is -0.262. The molecule has 0 bridgehead atoms. The molecule has 1 fully saturated rings. The second kappa shape index (κ2) is 6.76. The minimum Gasteiger partial charge on any atom is -0.396 e. The third kappa shape index (κ3) is 3.43.